The van der Waals surface area contributed by atoms with Crippen LogP contribution in [0, 0.1) is 11.6 Å². The zero-order valence-electron chi connectivity index (χ0n) is 19.1. The van der Waals surface area contributed by atoms with Crippen LogP contribution in [0.25, 0.3) is 17.0 Å². The highest BCUT2D eigenvalue weighted by Gasteiger charge is 2.19. The van der Waals surface area contributed by atoms with Crippen LogP contribution >= 0.6 is 0 Å². The molecule has 0 bridgehead atoms. The third-order valence-corrected chi connectivity index (χ3v) is 5.11. The molecule has 0 saturated carbocycles. The molecule has 0 aliphatic rings. The van der Waals surface area contributed by atoms with E-state index in [1.165, 1.54) is 16.8 Å². The highest BCUT2D eigenvalue weighted by molar-refractivity contribution is 5.79. The maximum Gasteiger partial charge on any atom is 0.407 e. The lowest BCUT2D eigenvalue weighted by molar-refractivity contribution is 0.116. The normalized spacial score (nSPS) is 11.2. The lowest BCUT2D eigenvalue weighted by Crippen LogP contribution is -2.29. The number of carbonyl (C=O) groups excluding carboxylic acids is 1. The van der Waals surface area contributed by atoms with Gasteiger partial charge in [0.05, 0.1) is 23.5 Å². The summed E-state index contributed by atoms with van der Waals surface area (Å²) in [6.07, 6.45) is 0.632. The van der Waals surface area contributed by atoms with Crippen LogP contribution in [0.1, 0.15) is 30.7 Å². The molecule has 35 heavy (non-hydrogen) atoms. The lowest BCUT2D eigenvalue weighted by atomic mass is 10.1. The van der Waals surface area contributed by atoms with E-state index in [1.54, 1.807) is 32.0 Å². The van der Waals surface area contributed by atoms with Gasteiger partial charge < -0.3 is 21.5 Å². The molecule has 0 spiro atoms. The molecule has 0 saturated heterocycles. The number of anilines is 2. The molecule has 0 fully saturated rings. The van der Waals surface area contributed by atoms with Gasteiger partial charge in [0.1, 0.15) is 28.8 Å². The summed E-state index contributed by atoms with van der Waals surface area (Å²) in [5.74, 6) is -0.816. The number of nitrogens with zero attached hydrogens (tertiary/aromatic N) is 5. The number of carbonyl (C=O) groups is 1. The van der Waals surface area contributed by atoms with Crippen molar-refractivity contribution in [2.75, 3.05) is 18.0 Å². The highest BCUT2D eigenvalue weighted by atomic mass is 19.1. The minimum absolute atomic E-state index is 0.00751. The van der Waals surface area contributed by atoms with Crippen LogP contribution in [-0.4, -0.2) is 43.5 Å². The Morgan fingerprint density at radius 1 is 1.17 bits per heavy atom. The molecule has 5 N–H and O–H groups in total. The maximum absolute atomic E-state index is 14.2. The fourth-order valence-corrected chi connectivity index (χ4v) is 3.53. The number of hydrogen-bond acceptors (Lipinski definition) is 8. The van der Waals surface area contributed by atoms with Gasteiger partial charge in [-0.15, -0.1) is 0 Å². The van der Waals surface area contributed by atoms with E-state index in [-0.39, 0.29) is 48.6 Å². The Bertz CT molecular complexity index is 1370. The molecule has 1 aromatic carbocycles. The third kappa shape index (κ3) is 5.26. The smallest absolute Gasteiger partial charge is 0.407 e. The van der Waals surface area contributed by atoms with Gasteiger partial charge in [0, 0.05) is 24.6 Å². The number of rotatable bonds is 7. The number of alkyl carbamates (subject to hydrolysis) is 1. The van der Waals surface area contributed by atoms with E-state index in [0.717, 1.165) is 6.20 Å². The van der Waals surface area contributed by atoms with Crippen LogP contribution in [0.2, 0.25) is 0 Å². The van der Waals surface area contributed by atoms with Crippen LogP contribution < -0.4 is 16.8 Å². The Labute approximate surface area is 199 Å². The molecule has 4 rings (SSSR count). The van der Waals surface area contributed by atoms with Crippen LogP contribution in [0.15, 0.2) is 36.5 Å². The van der Waals surface area contributed by atoms with E-state index in [2.05, 4.69) is 25.4 Å². The Kier molecular flexibility index (Phi) is 6.71. The molecule has 10 nitrogen and oxygen atoms in total. The molecule has 0 radical (unpaired) electrons. The van der Waals surface area contributed by atoms with E-state index in [9.17, 15) is 13.6 Å². The Morgan fingerprint density at radius 2 is 1.89 bits per heavy atom. The first-order valence-corrected chi connectivity index (χ1v) is 10.9. The van der Waals surface area contributed by atoms with Crippen LogP contribution in [0.5, 0.6) is 0 Å². The SMILES string of the molecule is CC(C)OC(=O)NCCc1c(N)nc(-n2nc(Cc3ccccc3F)c3ncc(F)cc32)nc1N. The van der Waals surface area contributed by atoms with Crippen molar-refractivity contribution in [3.8, 4) is 5.95 Å². The van der Waals surface area contributed by atoms with Gasteiger partial charge in [-0.2, -0.15) is 19.7 Å². The molecule has 1 amide bonds. The van der Waals surface area contributed by atoms with Gasteiger partial charge in [-0.25, -0.2) is 18.6 Å². The molecule has 182 valence electrons. The van der Waals surface area contributed by atoms with E-state index < -0.39 is 17.7 Å². The van der Waals surface area contributed by atoms with Crippen LogP contribution in [-0.2, 0) is 17.6 Å². The predicted molar refractivity (Wildman–Crippen MR) is 126 cm³/mol. The second-order valence-corrected chi connectivity index (χ2v) is 8.05. The average Bonchev–Trinajstić information content (AvgIpc) is 3.14. The number of ether oxygens (including phenoxy) is 1. The summed E-state index contributed by atoms with van der Waals surface area (Å²) >= 11 is 0. The van der Waals surface area contributed by atoms with Gasteiger partial charge in [-0.05, 0) is 31.9 Å². The Hall–Kier alpha value is -4.35. The number of benzene rings is 1. The van der Waals surface area contributed by atoms with E-state index in [1.807, 2.05) is 0 Å². The lowest BCUT2D eigenvalue weighted by Gasteiger charge is -2.12. The van der Waals surface area contributed by atoms with Crippen molar-refractivity contribution in [3.63, 3.8) is 0 Å². The van der Waals surface area contributed by atoms with Gasteiger partial charge >= 0.3 is 6.09 Å². The van der Waals surface area contributed by atoms with Crippen molar-refractivity contribution in [3.05, 3.63) is 65.0 Å². The van der Waals surface area contributed by atoms with E-state index in [0.29, 0.717) is 22.3 Å². The predicted octanol–water partition coefficient (Wildman–Crippen LogP) is 2.92. The van der Waals surface area contributed by atoms with Gasteiger partial charge in [0.15, 0.2) is 0 Å². The quantitative estimate of drug-likeness (QED) is 0.364. The number of amides is 1. The van der Waals surface area contributed by atoms with Crippen molar-refractivity contribution in [1.29, 1.82) is 0 Å². The second-order valence-electron chi connectivity index (χ2n) is 8.05. The number of hydrogen-bond donors (Lipinski definition) is 3. The van der Waals surface area contributed by atoms with Crippen LogP contribution in [0.4, 0.5) is 25.2 Å². The minimum Gasteiger partial charge on any atom is -0.447 e. The van der Waals surface area contributed by atoms with Gasteiger partial charge in [-0.1, -0.05) is 18.2 Å². The number of fused-ring (bicyclic) bond motifs is 1. The Balaban J connectivity index is 1.65. The largest absolute Gasteiger partial charge is 0.447 e. The zero-order chi connectivity index (χ0) is 25.1. The molecule has 0 atom stereocenters. The molecule has 4 aromatic rings. The summed E-state index contributed by atoms with van der Waals surface area (Å²) in [6.45, 7) is 3.68. The number of aromatic nitrogens is 5. The standard InChI is InChI=1S/C23H24F2N8O2/c1-12(2)35-23(34)28-8-7-15-20(26)30-22(31-21(15)27)33-18-10-14(24)11-29-19(18)17(32-33)9-13-5-3-4-6-16(13)25/h3-6,10-12H,7-9H2,1-2H3,(H,28,34)(H4,26,27,30,31). The second kappa shape index (κ2) is 9.87. The molecule has 0 aliphatic carbocycles. The zero-order valence-corrected chi connectivity index (χ0v) is 19.1. The molecule has 3 heterocycles. The monoisotopic (exact) mass is 482 g/mol. The Morgan fingerprint density at radius 3 is 2.57 bits per heavy atom. The minimum atomic E-state index is -0.590. The highest BCUT2D eigenvalue weighted by Crippen LogP contribution is 2.25. The maximum atomic E-state index is 14.2. The summed E-state index contributed by atoms with van der Waals surface area (Å²) in [7, 11) is 0. The summed E-state index contributed by atoms with van der Waals surface area (Å²) in [6, 6.07) is 7.52. The first-order valence-electron chi connectivity index (χ1n) is 10.9. The average molecular weight is 482 g/mol. The summed E-state index contributed by atoms with van der Waals surface area (Å²) in [4.78, 5) is 24.4. The molecular weight excluding hydrogens is 458 g/mol. The van der Waals surface area contributed by atoms with Gasteiger partial charge in [0.2, 0.25) is 0 Å². The molecule has 3 aromatic heterocycles. The summed E-state index contributed by atoms with van der Waals surface area (Å²) < 4.78 is 34.6. The fourth-order valence-electron chi connectivity index (χ4n) is 3.53. The summed E-state index contributed by atoms with van der Waals surface area (Å²) in [5, 5.41) is 7.07. The molecular formula is C23H24F2N8O2. The van der Waals surface area contributed by atoms with Crippen molar-refractivity contribution in [2.24, 2.45) is 0 Å². The van der Waals surface area contributed by atoms with E-state index >= 15 is 0 Å². The number of nitrogen functional groups attached to an aromatic ring is 2. The van der Waals surface area contributed by atoms with Gasteiger partial charge in [-0.3, -0.25) is 0 Å². The topological polar surface area (TPSA) is 147 Å². The molecule has 0 aliphatic heterocycles. The van der Waals surface area contributed by atoms with Crippen molar-refractivity contribution >= 4 is 28.8 Å². The van der Waals surface area contributed by atoms with Crippen LogP contribution in [0.3, 0.4) is 0 Å². The fraction of sp³-hybridized carbons (Fsp3) is 0.261. The first kappa shape index (κ1) is 23.8. The molecule has 0 unspecified atom stereocenters. The third-order valence-electron chi connectivity index (χ3n) is 5.11. The van der Waals surface area contributed by atoms with Crippen molar-refractivity contribution in [2.45, 2.75) is 32.8 Å². The number of nitrogens with one attached hydrogen (secondary N) is 1. The number of halogens is 2. The van der Waals surface area contributed by atoms with E-state index in [4.69, 9.17) is 16.2 Å². The van der Waals surface area contributed by atoms with Crippen molar-refractivity contribution in [1.82, 2.24) is 30.0 Å². The van der Waals surface area contributed by atoms with Crippen molar-refractivity contribution < 1.29 is 18.3 Å². The molecule has 12 heteroatoms. The summed E-state index contributed by atoms with van der Waals surface area (Å²) in [5.41, 5.74) is 14.1. The first-order chi connectivity index (χ1) is 16.7. The number of pyridine rings is 1. The van der Waals surface area contributed by atoms with Gasteiger partial charge in [0.25, 0.3) is 5.95 Å². The number of nitrogens with two attached hydrogens (primary N) is 2.